The molecular weight excluding hydrogens is 288 g/mol. The van der Waals surface area contributed by atoms with Gasteiger partial charge in [0.25, 0.3) is 0 Å². The monoisotopic (exact) mass is 304 g/mol. The number of hydrogen-bond acceptors (Lipinski definition) is 3. The van der Waals surface area contributed by atoms with Crippen molar-refractivity contribution in [3.63, 3.8) is 0 Å². The summed E-state index contributed by atoms with van der Waals surface area (Å²) in [4.78, 5) is 11.8. The van der Waals surface area contributed by atoms with Crippen molar-refractivity contribution in [3.05, 3.63) is 58.6 Å². The van der Waals surface area contributed by atoms with E-state index in [0.29, 0.717) is 5.02 Å². The van der Waals surface area contributed by atoms with Gasteiger partial charge >= 0.3 is 0 Å². The van der Waals surface area contributed by atoms with Crippen LogP contribution in [0.1, 0.15) is 17.2 Å². The Labute approximate surface area is 128 Å². The van der Waals surface area contributed by atoms with Crippen molar-refractivity contribution in [1.82, 2.24) is 0 Å². The van der Waals surface area contributed by atoms with Crippen LogP contribution < -0.4 is 15.8 Å². The fraction of sp³-hybridized carbons (Fsp3) is 0.188. The summed E-state index contributed by atoms with van der Waals surface area (Å²) in [6.07, 6.45) is 0. The molecule has 21 heavy (non-hydrogen) atoms. The van der Waals surface area contributed by atoms with Crippen molar-refractivity contribution in [3.8, 4) is 5.75 Å². The third kappa shape index (κ3) is 3.67. The molecule has 0 aliphatic rings. The molecule has 1 unspecified atom stereocenters. The number of methoxy groups -OCH3 is 1. The number of ether oxygens (including phenoxy) is 1. The summed E-state index contributed by atoms with van der Waals surface area (Å²) < 4.78 is 5.10. The molecule has 0 aliphatic carbocycles. The van der Waals surface area contributed by atoms with Crippen molar-refractivity contribution in [2.45, 2.75) is 13.0 Å². The molecule has 110 valence electrons. The summed E-state index contributed by atoms with van der Waals surface area (Å²) in [5, 5.41) is 3.76. The molecular formula is C16H17ClN2O2. The van der Waals surface area contributed by atoms with Crippen LogP contribution in [0.5, 0.6) is 5.75 Å². The number of anilines is 1. The number of halogens is 1. The number of primary amides is 1. The zero-order chi connectivity index (χ0) is 15.4. The van der Waals surface area contributed by atoms with Gasteiger partial charge in [0.15, 0.2) is 0 Å². The van der Waals surface area contributed by atoms with E-state index in [0.717, 1.165) is 22.6 Å². The van der Waals surface area contributed by atoms with Crippen LogP contribution in [0.25, 0.3) is 0 Å². The van der Waals surface area contributed by atoms with E-state index in [1.165, 1.54) is 0 Å². The van der Waals surface area contributed by atoms with Crippen LogP contribution in [0.2, 0.25) is 5.02 Å². The van der Waals surface area contributed by atoms with Gasteiger partial charge in [0, 0.05) is 10.7 Å². The van der Waals surface area contributed by atoms with E-state index in [-0.39, 0.29) is 0 Å². The minimum atomic E-state index is -0.615. The number of hydrogen-bond donors (Lipinski definition) is 2. The van der Waals surface area contributed by atoms with Crippen molar-refractivity contribution in [2.75, 3.05) is 12.4 Å². The van der Waals surface area contributed by atoms with Crippen LogP contribution in [-0.4, -0.2) is 13.0 Å². The Hall–Kier alpha value is -2.20. The number of amides is 1. The van der Waals surface area contributed by atoms with Gasteiger partial charge in [-0.05, 0) is 54.4 Å². The standard InChI is InChI=1S/C16H17ClN2O2/c1-10-9-11(17)3-8-14(10)15(16(18)20)19-12-4-6-13(21-2)7-5-12/h3-9,15,19H,1-2H3,(H2,18,20). The molecule has 3 N–H and O–H groups in total. The zero-order valence-electron chi connectivity index (χ0n) is 11.9. The highest BCUT2D eigenvalue weighted by Crippen LogP contribution is 2.25. The third-order valence-electron chi connectivity index (χ3n) is 3.23. The Balaban J connectivity index is 2.28. The zero-order valence-corrected chi connectivity index (χ0v) is 12.6. The first-order valence-electron chi connectivity index (χ1n) is 6.47. The van der Waals surface area contributed by atoms with Crippen molar-refractivity contribution in [2.24, 2.45) is 5.73 Å². The molecule has 0 radical (unpaired) electrons. The average Bonchev–Trinajstić information content (AvgIpc) is 2.46. The summed E-state index contributed by atoms with van der Waals surface area (Å²) >= 11 is 5.94. The number of nitrogens with one attached hydrogen (secondary N) is 1. The fourth-order valence-electron chi connectivity index (χ4n) is 2.12. The quantitative estimate of drug-likeness (QED) is 0.891. The Bertz CT molecular complexity index is 641. The molecule has 2 aromatic rings. The third-order valence-corrected chi connectivity index (χ3v) is 3.46. The molecule has 4 nitrogen and oxygen atoms in total. The van der Waals surface area contributed by atoms with E-state index in [1.54, 1.807) is 13.2 Å². The lowest BCUT2D eigenvalue weighted by molar-refractivity contribution is -0.118. The van der Waals surface area contributed by atoms with Crippen molar-refractivity contribution in [1.29, 1.82) is 0 Å². The van der Waals surface area contributed by atoms with Gasteiger partial charge in [0.2, 0.25) is 5.91 Å². The van der Waals surface area contributed by atoms with Crippen molar-refractivity contribution < 1.29 is 9.53 Å². The molecule has 0 aromatic heterocycles. The Morgan fingerprint density at radius 2 is 1.90 bits per heavy atom. The molecule has 2 aromatic carbocycles. The van der Waals surface area contributed by atoms with Gasteiger partial charge in [-0.15, -0.1) is 0 Å². The van der Waals surface area contributed by atoms with Crippen LogP contribution in [0, 0.1) is 6.92 Å². The smallest absolute Gasteiger partial charge is 0.244 e. The predicted molar refractivity (Wildman–Crippen MR) is 84.7 cm³/mol. The lowest BCUT2D eigenvalue weighted by Crippen LogP contribution is -2.28. The molecule has 2 rings (SSSR count). The number of nitrogens with two attached hydrogens (primary N) is 1. The number of benzene rings is 2. The lowest BCUT2D eigenvalue weighted by atomic mass is 10.0. The minimum absolute atomic E-state index is 0.448. The first-order chi connectivity index (χ1) is 10.0. The van der Waals surface area contributed by atoms with Crippen LogP contribution >= 0.6 is 11.6 Å². The summed E-state index contributed by atoms with van der Waals surface area (Å²) in [6, 6.07) is 12.0. The second kappa shape index (κ2) is 6.50. The summed E-state index contributed by atoms with van der Waals surface area (Å²) in [6.45, 7) is 1.90. The van der Waals surface area contributed by atoms with Gasteiger partial charge < -0.3 is 15.8 Å². The maximum absolute atomic E-state index is 11.8. The molecule has 0 spiro atoms. The van der Waals surface area contributed by atoms with Gasteiger partial charge in [-0.3, -0.25) is 4.79 Å². The number of carbonyl (C=O) groups excluding carboxylic acids is 1. The Kier molecular flexibility index (Phi) is 4.70. The van der Waals surface area contributed by atoms with E-state index in [4.69, 9.17) is 22.1 Å². The van der Waals surface area contributed by atoms with E-state index < -0.39 is 11.9 Å². The predicted octanol–water partition coefficient (Wildman–Crippen LogP) is 3.30. The number of carbonyl (C=O) groups is 1. The highest BCUT2D eigenvalue weighted by atomic mass is 35.5. The SMILES string of the molecule is COc1ccc(NC(C(N)=O)c2ccc(Cl)cc2C)cc1. The topological polar surface area (TPSA) is 64.3 Å². The normalized spacial score (nSPS) is 11.8. The van der Waals surface area contributed by atoms with E-state index in [9.17, 15) is 4.79 Å². The van der Waals surface area contributed by atoms with Crippen LogP contribution in [-0.2, 0) is 4.79 Å². The molecule has 1 amide bonds. The number of aryl methyl sites for hydroxylation is 1. The van der Waals surface area contributed by atoms with E-state index >= 15 is 0 Å². The Morgan fingerprint density at radius 1 is 1.24 bits per heavy atom. The summed E-state index contributed by atoms with van der Waals surface area (Å²) in [5.41, 5.74) is 8.02. The minimum Gasteiger partial charge on any atom is -0.497 e. The van der Waals surface area contributed by atoms with E-state index in [2.05, 4.69) is 5.32 Å². The average molecular weight is 305 g/mol. The molecule has 5 heteroatoms. The highest BCUT2D eigenvalue weighted by Gasteiger charge is 2.19. The maximum atomic E-state index is 11.8. The summed E-state index contributed by atoms with van der Waals surface area (Å²) in [5.74, 6) is 0.301. The second-order valence-electron chi connectivity index (χ2n) is 4.71. The van der Waals surface area contributed by atoms with Crippen LogP contribution in [0.3, 0.4) is 0 Å². The van der Waals surface area contributed by atoms with E-state index in [1.807, 2.05) is 43.3 Å². The maximum Gasteiger partial charge on any atom is 0.244 e. The van der Waals surface area contributed by atoms with Gasteiger partial charge in [0.1, 0.15) is 11.8 Å². The van der Waals surface area contributed by atoms with Gasteiger partial charge in [-0.25, -0.2) is 0 Å². The molecule has 0 fully saturated rings. The fourth-order valence-corrected chi connectivity index (χ4v) is 2.35. The largest absolute Gasteiger partial charge is 0.497 e. The van der Waals surface area contributed by atoms with Gasteiger partial charge in [-0.1, -0.05) is 17.7 Å². The molecule has 0 bridgehead atoms. The first-order valence-corrected chi connectivity index (χ1v) is 6.85. The molecule has 0 heterocycles. The van der Waals surface area contributed by atoms with Crippen LogP contribution in [0.4, 0.5) is 5.69 Å². The molecule has 1 atom stereocenters. The number of rotatable bonds is 5. The Morgan fingerprint density at radius 3 is 2.43 bits per heavy atom. The van der Waals surface area contributed by atoms with Gasteiger partial charge in [-0.2, -0.15) is 0 Å². The molecule has 0 saturated carbocycles. The van der Waals surface area contributed by atoms with Crippen molar-refractivity contribution >= 4 is 23.2 Å². The van der Waals surface area contributed by atoms with Gasteiger partial charge in [0.05, 0.1) is 7.11 Å². The highest BCUT2D eigenvalue weighted by molar-refractivity contribution is 6.30. The molecule has 0 saturated heterocycles. The first kappa shape index (κ1) is 15.2. The van der Waals surface area contributed by atoms with Crippen LogP contribution in [0.15, 0.2) is 42.5 Å². The molecule has 0 aliphatic heterocycles. The lowest BCUT2D eigenvalue weighted by Gasteiger charge is -2.19. The second-order valence-corrected chi connectivity index (χ2v) is 5.15. The summed E-state index contributed by atoms with van der Waals surface area (Å²) in [7, 11) is 1.60.